The molecule has 2 heterocycles. The van der Waals surface area contributed by atoms with Gasteiger partial charge in [0.05, 0.1) is 4.91 Å². The van der Waals surface area contributed by atoms with Crippen LogP contribution in [0.2, 0.25) is 0 Å². The third-order valence-corrected chi connectivity index (χ3v) is 9.70. The zero-order chi connectivity index (χ0) is 28.4. The molecule has 2 saturated heterocycles. The Balaban J connectivity index is 1.27. The minimum atomic E-state index is -3.98. The molecule has 0 aromatic heterocycles. The van der Waals surface area contributed by atoms with E-state index in [1.54, 1.807) is 6.08 Å². The largest absolute Gasteiger partial charge is 0.354 e. The molecule has 0 unspecified atom stereocenters. The number of amides is 3. The van der Waals surface area contributed by atoms with Gasteiger partial charge < -0.3 is 5.32 Å². The first-order valence-electron chi connectivity index (χ1n) is 12.8. The summed E-state index contributed by atoms with van der Waals surface area (Å²) in [5.74, 6) is -1.88. The van der Waals surface area contributed by atoms with E-state index in [0.29, 0.717) is 4.91 Å². The highest BCUT2D eigenvalue weighted by molar-refractivity contribution is 8.18. The monoisotopic (exact) mass is 573 g/mol. The van der Waals surface area contributed by atoms with E-state index in [1.807, 2.05) is 24.3 Å². The Morgan fingerprint density at radius 2 is 1.72 bits per heavy atom. The van der Waals surface area contributed by atoms with Crippen LogP contribution < -0.4 is 5.32 Å². The van der Waals surface area contributed by atoms with E-state index < -0.39 is 32.9 Å². The van der Waals surface area contributed by atoms with Crippen molar-refractivity contribution in [1.82, 2.24) is 14.5 Å². The van der Waals surface area contributed by atoms with Crippen molar-refractivity contribution >= 4 is 44.9 Å². The molecule has 2 aromatic rings. The molecule has 2 aliphatic heterocycles. The summed E-state index contributed by atoms with van der Waals surface area (Å²) in [6.07, 6.45) is 2.27. The first kappa shape index (κ1) is 29.0. The zero-order valence-electron chi connectivity index (χ0n) is 22.1. The van der Waals surface area contributed by atoms with Crippen LogP contribution in [0.15, 0.2) is 58.3 Å². The van der Waals surface area contributed by atoms with Crippen molar-refractivity contribution in [3.8, 4) is 0 Å². The topological polar surface area (TPSA) is 104 Å². The smallest absolute Gasteiger partial charge is 0.293 e. The van der Waals surface area contributed by atoms with E-state index in [9.17, 15) is 27.2 Å². The Hall–Kier alpha value is -3.02. The van der Waals surface area contributed by atoms with Crippen LogP contribution in [0, 0.1) is 11.7 Å². The molecular formula is C28H32FN3O5S2. The number of carbonyl (C=O) groups is 3. The maximum Gasteiger partial charge on any atom is 0.293 e. The number of nitrogens with one attached hydrogen (secondary N) is 1. The number of benzene rings is 2. The van der Waals surface area contributed by atoms with Gasteiger partial charge in [0.15, 0.2) is 0 Å². The second-order valence-electron chi connectivity index (χ2n) is 10.6. The highest BCUT2D eigenvalue weighted by atomic mass is 32.2. The van der Waals surface area contributed by atoms with Gasteiger partial charge in [-0.05, 0) is 59.4 Å². The summed E-state index contributed by atoms with van der Waals surface area (Å²) in [6, 6.07) is 13.1. The summed E-state index contributed by atoms with van der Waals surface area (Å²) >= 11 is 0.872. The van der Waals surface area contributed by atoms with Crippen LogP contribution in [0.4, 0.5) is 9.18 Å². The van der Waals surface area contributed by atoms with E-state index in [4.69, 9.17) is 0 Å². The number of nitrogens with zero attached hydrogens (tertiary/aromatic N) is 2. The second-order valence-corrected chi connectivity index (χ2v) is 13.5. The summed E-state index contributed by atoms with van der Waals surface area (Å²) in [5, 5.41) is 2.37. The molecule has 0 bridgehead atoms. The SMILES string of the molecule is CC(C)(C)c1ccc(C=C2SC(=O)N(CCNC(=O)C3CCN(S(=O)(=O)c4ccccc4F)CC3)C2=O)cc1. The number of carbonyl (C=O) groups excluding carboxylic acids is 3. The van der Waals surface area contributed by atoms with E-state index in [2.05, 4.69) is 26.1 Å². The van der Waals surface area contributed by atoms with Crippen LogP contribution in [-0.4, -0.2) is 60.9 Å². The number of halogens is 1. The lowest BCUT2D eigenvalue weighted by Crippen LogP contribution is -2.44. The molecule has 2 fully saturated rings. The molecule has 0 aliphatic carbocycles. The normalized spacial score (nSPS) is 18.7. The number of hydrogen-bond donors (Lipinski definition) is 1. The Morgan fingerprint density at radius 1 is 1.08 bits per heavy atom. The van der Waals surface area contributed by atoms with Crippen LogP contribution in [-0.2, 0) is 25.0 Å². The molecule has 2 aliphatic rings. The molecule has 0 atom stereocenters. The van der Waals surface area contributed by atoms with Crippen LogP contribution in [0.3, 0.4) is 0 Å². The first-order chi connectivity index (χ1) is 18.4. The number of piperidine rings is 1. The molecule has 0 spiro atoms. The third kappa shape index (κ3) is 6.59. The maximum absolute atomic E-state index is 14.0. The first-order valence-corrected chi connectivity index (χ1v) is 15.0. The molecule has 11 heteroatoms. The number of thioether (sulfide) groups is 1. The van der Waals surface area contributed by atoms with Gasteiger partial charge in [-0.3, -0.25) is 19.3 Å². The summed E-state index contributed by atoms with van der Waals surface area (Å²) in [6.45, 7) is 6.68. The average Bonchev–Trinajstić information content (AvgIpc) is 3.16. The van der Waals surface area contributed by atoms with Crippen molar-refractivity contribution in [2.45, 2.75) is 43.9 Å². The molecular weight excluding hydrogens is 541 g/mol. The van der Waals surface area contributed by atoms with Gasteiger partial charge in [-0.2, -0.15) is 4.31 Å². The van der Waals surface area contributed by atoms with E-state index >= 15 is 0 Å². The van der Waals surface area contributed by atoms with Crippen molar-refractivity contribution < 1.29 is 27.2 Å². The molecule has 2 aromatic carbocycles. The van der Waals surface area contributed by atoms with Crippen molar-refractivity contribution in [2.75, 3.05) is 26.2 Å². The Bertz CT molecular complexity index is 1390. The van der Waals surface area contributed by atoms with E-state index in [1.165, 1.54) is 28.1 Å². The summed E-state index contributed by atoms with van der Waals surface area (Å²) in [4.78, 5) is 39.0. The molecule has 39 heavy (non-hydrogen) atoms. The van der Waals surface area contributed by atoms with Crippen molar-refractivity contribution in [3.63, 3.8) is 0 Å². The number of sulfonamides is 1. The molecule has 3 amide bonds. The van der Waals surface area contributed by atoms with E-state index in [0.717, 1.165) is 28.3 Å². The van der Waals surface area contributed by atoms with Gasteiger partial charge in [0.25, 0.3) is 11.1 Å². The quantitative estimate of drug-likeness (QED) is 0.494. The summed E-state index contributed by atoms with van der Waals surface area (Å²) in [7, 11) is -3.98. The second kappa shape index (κ2) is 11.6. The fourth-order valence-corrected chi connectivity index (χ4v) is 6.91. The van der Waals surface area contributed by atoms with Gasteiger partial charge in [-0.25, -0.2) is 12.8 Å². The van der Waals surface area contributed by atoms with Gasteiger partial charge in [0.2, 0.25) is 15.9 Å². The number of rotatable bonds is 7. The highest BCUT2D eigenvalue weighted by Crippen LogP contribution is 2.32. The minimum Gasteiger partial charge on any atom is -0.354 e. The van der Waals surface area contributed by atoms with Gasteiger partial charge in [0, 0.05) is 32.1 Å². The highest BCUT2D eigenvalue weighted by Gasteiger charge is 2.36. The van der Waals surface area contributed by atoms with E-state index in [-0.39, 0.29) is 55.2 Å². The van der Waals surface area contributed by atoms with Crippen molar-refractivity contribution in [1.29, 1.82) is 0 Å². The lowest BCUT2D eigenvalue weighted by atomic mass is 9.87. The summed E-state index contributed by atoms with van der Waals surface area (Å²) in [5.41, 5.74) is 2.00. The van der Waals surface area contributed by atoms with Crippen molar-refractivity contribution in [3.05, 3.63) is 70.4 Å². The lowest BCUT2D eigenvalue weighted by Gasteiger charge is -2.30. The lowest BCUT2D eigenvalue weighted by molar-refractivity contribution is -0.127. The predicted molar refractivity (Wildman–Crippen MR) is 149 cm³/mol. The molecule has 8 nitrogen and oxygen atoms in total. The predicted octanol–water partition coefficient (Wildman–Crippen LogP) is 4.38. The standard InChI is InChI=1S/C28H32FN3O5S2/c1-28(2,3)21-10-8-19(9-11-21)18-23-26(34)32(27(35)38-23)17-14-30-25(33)20-12-15-31(16-13-20)39(36,37)24-7-5-4-6-22(24)29/h4-11,18,20H,12-17H2,1-3H3,(H,30,33). The minimum absolute atomic E-state index is 0.0110. The van der Waals surface area contributed by atoms with Gasteiger partial charge in [-0.1, -0.05) is 57.2 Å². The Labute approximate surface area is 232 Å². The van der Waals surface area contributed by atoms with Gasteiger partial charge in [-0.15, -0.1) is 0 Å². The van der Waals surface area contributed by atoms with Gasteiger partial charge in [0.1, 0.15) is 10.7 Å². The maximum atomic E-state index is 14.0. The molecule has 0 saturated carbocycles. The van der Waals surface area contributed by atoms with Crippen LogP contribution >= 0.6 is 11.8 Å². The number of imide groups is 1. The molecule has 208 valence electrons. The zero-order valence-corrected chi connectivity index (χ0v) is 23.8. The Morgan fingerprint density at radius 3 is 2.33 bits per heavy atom. The van der Waals surface area contributed by atoms with Crippen LogP contribution in [0.1, 0.15) is 44.7 Å². The average molecular weight is 574 g/mol. The van der Waals surface area contributed by atoms with Gasteiger partial charge >= 0.3 is 0 Å². The van der Waals surface area contributed by atoms with Crippen LogP contribution in [0.25, 0.3) is 6.08 Å². The summed E-state index contributed by atoms with van der Waals surface area (Å²) < 4.78 is 40.8. The third-order valence-electron chi connectivity index (χ3n) is 6.86. The number of hydrogen-bond acceptors (Lipinski definition) is 6. The van der Waals surface area contributed by atoms with Crippen molar-refractivity contribution in [2.24, 2.45) is 5.92 Å². The molecule has 4 rings (SSSR count). The van der Waals surface area contributed by atoms with Crippen LogP contribution in [0.5, 0.6) is 0 Å². The fourth-order valence-electron chi connectivity index (χ4n) is 4.51. The fraction of sp³-hybridized carbons (Fsp3) is 0.393. The Kier molecular flexibility index (Phi) is 8.63. The molecule has 1 N–H and O–H groups in total. The molecule has 0 radical (unpaired) electrons.